The van der Waals surface area contributed by atoms with Gasteiger partial charge in [0.05, 0.1) is 6.61 Å². The highest BCUT2D eigenvalue weighted by Crippen LogP contribution is 1.94. The number of nitrogens with one attached hydrogen (secondary N) is 1. The Labute approximate surface area is 106 Å². The molecule has 0 atom stereocenters. The lowest BCUT2D eigenvalue weighted by Crippen LogP contribution is -2.27. The Hall–Kier alpha value is -1.66. The quantitative estimate of drug-likeness (QED) is 0.640. The highest BCUT2D eigenvalue weighted by Gasteiger charge is 2.05. The van der Waals surface area contributed by atoms with Crippen molar-refractivity contribution in [3.05, 3.63) is 34.2 Å². The molecular formula is C12H19N3O3. The first-order valence-corrected chi connectivity index (χ1v) is 5.88. The van der Waals surface area contributed by atoms with Gasteiger partial charge in [-0.25, -0.2) is 0 Å². The molecular weight excluding hydrogens is 234 g/mol. The lowest BCUT2D eigenvalue weighted by molar-refractivity contribution is 0.0942. The molecule has 0 bridgehead atoms. The maximum absolute atomic E-state index is 11.7. The van der Waals surface area contributed by atoms with E-state index in [2.05, 4.69) is 5.32 Å². The van der Waals surface area contributed by atoms with Crippen molar-refractivity contribution in [2.45, 2.75) is 6.42 Å². The smallest absolute Gasteiger partial charge is 0.251 e. The number of pyridine rings is 1. The van der Waals surface area contributed by atoms with E-state index in [0.29, 0.717) is 31.9 Å². The molecule has 6 heteroatoms. The van der Waals surface area contributed by atoms with Crippen LogP contribution in [-0.4, -0.2) is 36.8 Å². The minimum absolute atomic E-state index is 0.200. The molecule has 0 aliphatic heterocycles. The monoisotopic (exact) mass is 253 g/mol. The predicted octanol–water partition coefficient (Wildman–Crippen LogP) is -0.519. The summed E-state index contributed by atoms with van der Waals surface area (Å²) in [6.07, 6.45) is 2.29. The molecule has 1 heterocycles. The summed E-state index contributed by atoms with van der Waals surface area (Å²) < 4.78 is 6.59. The topological polar surface area (TPSA) is 86.3 Å². The largest absolute Gasteiger partial charge is 0.380 e. The molecule has 0 radical (unpaired) electrons. The molecule has 1 aromatic heterocycles. The second-order valence-electron chi connectivity index (χ2n) is 3.88. The molecule has 3 N–H and O–H groups in total. The Kier molecular flexibility index (Phi) is 6.10. The van der Waals surface area contributed by atoms with Crippen molar-refractivity contribution in [2.75, 3.05) is 26.3 Å². The number of aromatic nitrogens is 1. The van der Waals surface area contributed by atoms with E-state index in [1.165, 1.54) is 10.6 Å². The molecule has 0 saturated carbocycles. The van der Waals surface area contributed by atoms with Gasteiger partial charge in [-0.1, -0.05) is 0 Å². The molecule has 1 aromatic rings. The Morgan fingerprint density at radius 3 is 2.94 bits per heavy atom. The molecule has 1 amide bonds. The number of aryl methyl sites for hydroxylation is 1. The normalized spacial score (nSPS) is 10.3. The van der Waals surface area contributed by atoms with Gasteiger partial charge in [0.1, 0.15) is 0 Å². The van der Waals surface area contributed by atoms with Crippen molar-refractivity contribution in [2.24, 2.45) is 12.8 Å². The third kappa shape index (κ3) is 4.68. The lowest BCUT2D eigenvalue weighted by atomic mass is 10.2. The van der Waals surface area contributed by atoms with E-state index in [4.69, 9.17) is 10.5 Å². The van der Waals surface area contributed by atoms with Crippen LogP contribution in [0.4, 0.5) is 0 Å². The molecule has 0 aliphatic carbocycles. The summed E-state index contributed by atoms with van der Waals surface area (Å²) in [4.78, 5) is 23.0. The average Bonchev–Trinajstić information content (AvgIpc) is 2.36. The van der Waals surface area contributed by atoms with Crippen molar-refractivity contribution in [3.63, 3.8) is 0 Å². The third-order valence-corrected chi connectivity index (χ3v) is 2.38. The van der Waals surface area contributed by atoms with Crippen LogP contribution in [0.1, 0.15) is 16.8 Å². The van der Waals surface area contributed by atoms with Crippen LogP contribution in [0.5, 0.6) is 0 Å². The number of hydrogen-bond acceptors (Lipinski definition) is 4. The third-order valence-electron chi connectivity index (χ3n) is 2.38. The summed E-state index contributed by atoms with van der Waals surface area (Å²) in [5.41, 5.74) is 5.44. The number of nitrogens with zero attached hydrogens (tertiary/aromatic N) is 1. The second kappa shape index (κ2) is 7.62. The Bertz CT molecular complexity index is 442. The summed E-state index contributed by atoms with van der Waals surface area (Å²) in [5, 5.41) is 2.72. The molecule has 6 nitrogen and oxygen atoms in total. The van der Waals surface area contributed by atoms with Gasteiger partial charge in [-0.15, -0.1) is 0 Å². The van der Waals surface area contributed by atoms with Crippen LogP contribution in [0.2, 0.25) is 0 Å². The Morgan fingerprint density at radius 2 is 2.28 bits per heavy atom. The van der Waals surface area contributed by atoms with Gasteiger partial charge in [0.2, 0.25) is 0 Å². The zero-order valence-electron chi connectivity index (χ0n) is 10.5. The number of nitrogens with two attached hydrogens (primary N) is 1. The van der Waals surface area contributed by atoms with Crippen LogP contribution >= 0.6 is 0 Å². The highest BCUT2D eigenvalue weighted by molar-refractivity contribution is 5.93. The summed E-state index contributed by atoms with van der Waals surface area (Å²) in [6.45, 7) is 2.11. The van der Waals surface area contributed by atoms with Gasteiger partial charge in [-0.2, -0.15) is 0 Å². The molecule has 0 fully saturated rings. The number of hydrogen-bond donors (Lipinski definition) is 2. The van der Waals surface area contributed by atoms with Gasteiger partial charge in [-0.05, 0) is 12.5 Å². The van der Waals surface area contributed by atoms with E-state index < -0.39 is 0 Å². The van der Waals surface area contributed by atoms with Crippen molar-refractivity contribution in [1.29, 1.82) is 0 Å². The van der Waals surface area contributed by atoms with E-state index >= 15 is 0 Å². The van der Waals surface area contributed by atoms with Crippen LogP contribution in [0.3, 0.4) is 0 Å². The van der Waals surface area contributed by atoms with Gasteiger partial charge < -0.3 is 20.4 Å². The SMILES string of the molecule is Cn1ccc(C(=O)NCCCOCCN)cc1=O. The zero-order chi connectivity index (χ0) is 13.4. The Morgan fingerprint density at radius 1 is 1.50 bits per heavy atom. The molecule has 1 rings (SSSR count). The van der Waals surface area contributed by atoms with E-state index in [1.54, 1.807) is 19.3 Å². The molecule has 0 aliphatic rings. The maximum Gasteiger partial charge on any atom is 0.251 e. The maximum atomic E-state index is 11.7. The molecule has 100 valence electrons. The zero-order valence-corrected chi connectivity index (χ0v) is 10.5. The second-order valence-corrected chi connectivity index (χ2v) is 3.88. The molecule has 0 unspecified atom stereocenters. The highest BCUT2D eigenvalue weighted by atomic mass is 16.5. The number of carbonyl (C=O) groups excluding carboxylic acids is 1. The first kappa shape index (κ1) is 14.4. The molecule has 0 saturated heterocycles. The van der Waals surface area contributed by atoms with Crippen LogP contribution in [0.25, 0.3) is 0 Å². The van der Waals surface area contributed by atoms with Crippen LogP contribution in [-0.2, 0) is 11.8 Å². The standard InChI is InChI=1S/C12H19N3O3/c1-15-6-3-10(9-11(15)16)12(17)14-5-2-7-18-8-4-13/h3,6,9H,2,4-5,7-8,13H2,1H3,(H,14,17). The van der Waals surface area contributed by atoms with E-state index in [-0.39, 0.29) is 11.5 Å². The van der Waals surface area contributed by atoms with Crippen molar-refractivity contribution < 1.29 is 9.53 Å². The van der Waals surface area contributed by atoms with Gasteiger partial charge >= 0.3 is 0 Å². The van der Waals surface area contributed by atoms with Gasteiger partial charge in [0, 0.05) is 44.6 Å². The summed E-state index contributed by atoms with van der Waals surface area (Å²) in [6, 6.07) is 2.93. The minimum Gasteiger partial charge on any atom is -0.380 e. The lowest BCUT2D eigenvalue weighted by Gasteiger charge is -2.06. The molecule has 0 spiro atoms. The summed E-state index contributed by atoms with van der Waals surface area (Å²) in [5.74, 6) is -0.244. The first-order valence-electron chi connectivity index (χ1n) is 5.88. The summed E-state index contributed by atoms with van der Waals surface area (Å²) in [7, 11) is 1.64. The van der Waals surface area contributed by atoms with E-state index in [9.17, 15) is 9.59 Å². The predicted molar refractivity (Wildman–Crippen MR) is 68.5 cm³/mol. The Balaban J connectivity index is 2.32. The first-order chi connectivity index (χ1) is 8.65. The van der Waals surface area contributed by atoms with Gasteiger partial charge in [0.15, 0.2) is 0 Å². The molecule has 0 aromatic carbocycles. The fourth-order valence-corrected chi connectivity index (χ4v) is 1.35. The average molecular weight is 253 g/mol. The van der Waals surface area contributed by atoms with Crippen LogP contribution < -0.4 is 16.6 Å². The fourth-order valence-electron chi connectivity index (χ4n) is 1.35. The minimum atomic E-state index is -0.244. The van der Waals surface area contributed by atoms with Crippen LogP contribution in [0.15, 0.2) is 23.1 Å². The number of rotatable bonds is 7. The van der Waals surface area contributed by atoms with E-state index in [1.807, 2.05) is 0 Å². The van der Waals surface area contributed by atoms with Gasteiger partial charge in [0.25, 0.3) is 11.5 Å². The fraction of sp³-hybridized carbons (Fsp3) is 0.500. The number of ether oxygens (including phenoxy) is 1. The van der Waals surface area contributed by atoms with Crippen molar-refractivity contribution in [1.82, 2.24) is 9.88 Å². The van der Waals surface area contributed by atoms with Crippen LogP contribution in [0, 0.1) is 0 Å². The van der Waals surface area contributed by atoms with E-state index in [0.717, 1.165) is 6.42 Å². The van der Waals surface area contributed by atoms with Gasteiger partial charge in [-0.3, -0.25) is 9.59 Å². The number of carbonyl (C=O) groups is 1. The van der Waals surface area contributed by atoms with Crippen molar-refractivity contribution >= 4 is 5.91 Å². The summed E-state index contributed by atoms with van der Waals surface area (Å²) >= 11 is 0. The van der Waals surface area contributed by atoms with Crippen molar-refractivity contribution in [3.8, 4) is 0 Å². The number of amides is 1. The molecule has 18 heavy (non-hydrogen) atoms.